The lowest BCUT2D eigenvalue weighted by Gasteiger charge is -2.27. The number of aromatic nitrogens is 1. The topological polar surface area (TPSA) is 186 Å². The lowest BCUT2D eigenvalue weighted by Crippen LogP contribution is -2.45. The molecular weight excluding hydrogens is 562 g/mol. The zero-order valence-electron chi connectivity index (χ0n) is 26.5. The van der Waals surface area contributed by atoms with E-state index >= 15 is 0 Å². The molecular formula is C33H47N5O6. The van der Waals surface area contributed by atoms with Gasteiger partial charge in [0.15, 0.2) is 0 Å². The molecule has 2 saturated heterocycles. The largest absolute Gasteiger partial charge is 0.481 e. The number of carboxylic acids is 2. The van der Waals surface area contributed by atoms with Gasteiger partial charge >= 0.3 is 11.9 Å². The highest BCUT2D eigenvalue weighted by Gasteiger charge is 2.57. The first-order valence-corrected chi connectivity index (χ1v) is 16.0. The number of H-pyrrole nitrogens is 1. The number of aliphatic carboxylic acids is 2. The fourth-order valence-electron chi connectivity index (χ4n) is 7.93. The zero-order chi connectivity index (χ0) is 31.9. The molecule has 1 aromatic heterocycles. The Morgan fingerprint density at radius 2 is 1.73 bits per heavy atom. The fraction of sp³-hybridized carbons (Fsp3) is 0.636. The van der Waals surface area contributed by atoms with Crippen LogP contribution in [0.4, 0.5) is 0 Å². The molecule has 0 aromatic carbocycles. The second kappa shape index (κ2) is 12.6. The molecule has 0 radical (unpaired) electrons. The van der Waals surface area contributed by atoms with E-state index in [0.29, 0.717) is 38.0 Å². The van der Waals surface area contributed by atoms with Crippen LogP contribution in [-0.2, 0) is 33.6 Å². The highest BCUT2D eigenvalue weighted by Crippen LogP contribution is 2.45. The van der Waals surface area contributed by atoms with Crippen molar-refractivity contribution in [3.05, 3.63) is 44.9 Å². The van der Waals surface area contributed by atoms with Crippen molar-refractivity contribution in [2.24, 2.45) is 16.8 Å². The van der Waals surface area contributed by atoms with E-state index < -0.39 is 18.2 Å². The molecule has 11 heteroatoms. The molecule has 0 aliphatic carbocycles. The van der Waals surface area contributed by atoms with Crippen LogP contribution in [0.5, 0.6) is 0 Å². The normalized spacial score (nSPS) is 29.6. The van der Waals surface area contributed by atoms with E-state index in [4.69, 9.17) is 0 Å². The zero-order valence-corrected chi connectivity index (χ0v) is 26.5. The molecule has 4 aliphatic heterocycles. The Balaban J connectivity index is 1.46. The molecule has 7 N–H and O–H groups in total. The van der Waals surface area contributed by atoms with E-state index in [0.717, 1.165) is 70.0 Å². The van der Waals surface area contributed by atoms with Gasteiger partial charge in [0.25, 0.3) is 5.91 Å². The van der Waals surface area contributed by atoms with Crippen LogP contribution in [0.2, 0.25) is 0 Å². The van der Waals surface area contributed by atoms with E-state index in [-0.39, 0.29) is 42.3 Å². The second-order valence-corrected chi connectivity index (χ2v) is 13.0. The Morgan fingerprint density at radius 1 is 1.05 bits per heavy atom. The number of amides is 1. The summed E-state index contributed by atoms with van der Waals surface area (Å²) in [6.45, 7) is 10.9. The van der Waals surface area contributed by atoms with Crippen LogP contribution in [0.15, 0.2) is 27.4 Å². The quantitative estimate of drug-likeness (QED) is 0.156. The number of aliphatic hydroxyl groups excluding tert-OH is 1. The summed E-state index contributed by atoms with van der Waals surface area (Å²) in [5, 5.41) is 40.4. The number of nitrogens with zero attached hydrogens (tertiary/aromatic N) is 1. The monoisotopic (exact) mass is 609 g/mol. The highest BCUT2D eigenvalue weighted by molar-refractivity contribution is 6.19. The lowest BCUT2D eigenvalue weighted by molar-refractivity contribution is -0.138. The van der Waals surface area contributed by atoms with Gasteiger partial charge in [-0.05, 0) is 73.6 Å². The van der Waals surface area contributed by atoms with Gasteiger partial charge in [0, 0.05) is 60.9 Å². The fourth-order valence-corrected chi connectivity index (χ4v) is 7.93. The first-order chi connectivity index (χ1) is 20.9. The third kappa shape index (κ3) is 6.01. The van der Waals surface area contributed by atoms with E-state index in [9.17, 15) is 29.7 Å². The van der Waals surface area contributed by atoms with Gasteiger partial charge < -0.3 is 30.9 Å². The molecule has 44 heavy (non-hydrogen) atoms. The van der Waals surface area contributed by atoms with Crippen molar-refractivity contribution in [3.8, 4) is 0 Å². The molecule has 1 aromatic rings. The molecule has 1 spiro atoms. The Hall–Kier alpha value is -3.28. The number of rotatable bonds is 14. The second-order valence-electron chi connectivity index (χ2n) is 13.0. The Morgan fingerprint density at radius 3 is 2.32 bits per heavy atom. The van der Waals surface area contributed by atoms with E-state index in [1.165, 1.54) is 0 Å². The van der Waals surface area contributed by atoms with Crippen molar-refractivity contribution in [1.29, 1.82) is 0 Å². The summed E-state index contributed by atoms with van der Waals surface area (Å²) in [6.07, 6.45) is 3.54. The summed E-state index contributed by atoms with van der Waals surface area (Å²) in [5.41, 5.74) is 7.82. The summed E-state index contributed by atoms with van der Waals surface area (Å²) in [6, 6.07) is 0.161. The van der Waals surface area contributed by atoms with Crippen LogP contribution in [0.3, 0.4) is 0 Å². The number of carbonyl (C=O) groups excluding carboxylic acids is 1. The molecule has 1 unspecified atom stereocenters. The number of aliphatic hydroxyl groups is 1. The number of aliphatic imine (C=N–C) groups is 1. The molecule has 4 aliphatic rings. The Labute approximate surface area is 258 Å². The third-order valence-electron chi connectivity index (χ3n) is 10.6. The molecule has 6 atom stereocenters. The maximum atomic E-state index is 12.4. The average molecular weight is 610 g/mol. The maximum absolute atomic E-state index is 12.4. The smallest absolute Gasteiger partial charge is 0.303 e. The van der Waals surface area contributed by atoms with Crippen LogP contribution in [0.1, 0.15) is 88.7 Å². The van der Waals surface area contributed by atoms with Crippen molar-refractivity contribution in [1.82, 2.24) is 20.9 Å². The number of allylic oxidation sites excluding steroid dienone is 2. The first-order valence-electron chi connectivity index (χ1n) is 16.0. The van der Waals surface area contributed by atoms with Gasteiger partial charge in [-0.2, -0.15) is 0 Å². The number of hydrogen-bond donors (Lipinski definition) is 7. The van der Waals surface area contributed by atoms with Gasteiger partial charge in [0.1, 0.15) is 6.23 Å². The Kier molecular flexibility index (Phi) is 9.21. The maximum Gasteiger partial charge on any atom is 0.303 e. The van der Waals surface area contributed by atoms with Crippen molar-refractivity contribution >= 4 is 23.6 Å². The number of aromatic amines is 1. The molecule has 0 bridgehead atoms. The predicted octanol–water partition coefficient (Wildman–Crippen LogP) is 2.91. The summed E-state index contributed by atoms with van der Waals surface area (Å²) in [5.74, 6) is -1.42. The minimum atomic E-state index is -0.872. The van der Waals surface area contributed by atoms with Crippen molar-refractivity contribution in [2.45, 2.75) is 116 Å². The van der Waals surface area contributed by atoms with Crippen molar-refractivity contribution in [2.75, 3.05) is 6.54 Å². The summed E-state index contributed by atoms with van der Waals surface area (Å²) in [4.78, 5) is 43.6. The third-order valence-corrected chi connectivity index (χ3v) is 10.6. The number of nitrogens with one attached hydrogen (secondary N) is 4. The SMILES string of the molecule is CCC1=C(C)C(Cc2[nH]c(CC3=C(CCC(=O)O)[C@]4(CN4)C(C[C@@H]4N[C@@H](O)[C@H](C)[C@H]4CC)N3)c(CCC(=O)O)c2C)=NC1=O. The molecule has 0 saturated carbocycles. The van der Waals surface area contributed by atoms with Crippen LogP contribution < -0.4 is 16.0 Å². The summed E-state index contributed by atoms with van der Waals surface area (Å²) >= 11 is 0. The molecule has 11 nitrogen and oxygen atoms in total. The van der Waals surface area contributed by atoms with Gasteiger partial charge in [-0.25, -0.2) is 4.99 Å². The minimum Gasteiger partial charge on any atom is -0.481 e. The van der Waals surface area contributed by atoms with Crippen LogP contribution in [0, 0.1) is 18.8 Å². The number of carbonyl (C=O) groups is 3. The standard InChI is InChI=1S/C33H47N5O6/c1-6-19-18(5)31(43)38-26(19)14-28-33(15-34-33)22(9-11-30(41)42)27(36-28)13-25-21(8-10-29(39)40)17(4)23(35-25)12-24-16(3)20(7-2)32(44)37-24/h18-19,26,28,31,34-36,38,43H,6-15H2,1-5H3,(H,39,40)(H,41,42)/t18-,19-,26+,28?,31+,33-/m1/s1. The predicted molar refractivity (Wildman–Crippen MR) is 166 cm³/mol. The van der Waals surface area contributed by atoms with Crippen molar-refractivity contribution < 1.29 is 29.7 Å². The van der Waals surface area contributed by atoms with Crippen molar-refractivity contribution in [3.63, 3.8) is 0 Å². The van der Waals surface area contributed by atoms with Gasteiger partial charge in [-0.1, -0.05) is 27.2 Å². The van der Waals surface area contributed by atoms with Gasteiger partial charge in [-0.15, -0.1) is 0 Å². The Bertz CT molecular complexity index is 1430. The van der Waals surface area contributed by atoms with Crippen LogP contribution in [0.25, 0.3) is 0 Å². The van der Waals surface area contributed by atoms with Crippen LogP contribution in [-0.4, -0.2) is 74.3 Å². The summed E-state index contributed by atoms with van der Waals surface area (Å²) < 4.78 is 0. The lowest BCUT2D eigenvalue weighted by atomic mass is 9.82. The first kappa shape index (κ1) is 32.1. The van der Waals surface area contributed by atoms with E-state index in [2.05, 4.69) is 39.8 Å². The molecule has 5 heterocycles. The molecule has 2 fully saturated rings. The number of carboxylic acid groups (broad SMARTS) is 2. The average Bonchev–Trinajstić information content (AvgIpc) is 3.45. The van der Waals surface area contributed by atoms with Crippen LogP contribution >= 0.6 is 0 Å². The molecule has 240 valence electrons. The summed E-state index contributed by atoms with van der Waals surface area (Å²) in [7, 11) is 0. The van der Waals surface area contributed by atoms with E-state index in [1.807, 2.05) is 20.8 Å². The number of hydrogen-bond acceptors (Lipinski definition) is 7. The van der Waals surface area contributed by atoms with Gasteiger partial charge in [0.2, 0.25) is 0 Å². The highest BCUT2D eigenvalue weighted by atomic mass is 16.4. The van der Waals surface area contributed by atoms with Gasteiger partial charge in [-0.3, -0.25) is 19.7 Å². The van der Waals surface area contributed by atoms with E-state index in [1.54, 1.807) is 0 Å². The minimum absolute atomic E-state index is 0.0117. The molecule has 5 rings (SSSR count). The van der Waals surface area contributed by atoms with Gasteiger partial charge in [0.05, 0.1) is 17.3 Å². The molecule has 1 amide bonds.